The van der Waals surface area contributed by atoms with Gasteiger partial charge >= 0.3 is 0 Å². The largest absolute Gasteiger partial charge is 0.317 e. The summed E-state index contributed by atoms with van der Waals surface area (Å²) in [5.41, 5.74) is 0. The third-order valence-electron chi connectivity index (χ3n) is 2.06. The number of rotatable bonds is 1. The molecule has 1 rings (SSSR count). The Morgan fingerprint density at radius 1 is 1.20 bits per heavy atom. The molecule has 62 valence electrons. The Labute approximate surface area is 67.8 Å². The van der Waals surface area contributed by atoms with Gasteiger partial charge in [0.15, 0.2) is 0 Å². The Morgan fingerprint density at radius 2 is 1.70 bits per heavy atom. The van der Waals surface area contributed by atoms with Gasteiger partial charge in [0.25, 0.3) is 0 Å². The maximum Gasteiger partial charge on any atom is 0.100 e. The van der Waals surface area contributed by atoms with Crippen LogP contribution in [0.3, 0.4) is 0 Å². The lowest BCUT2D eigenvalue weighted by atomic mass is 9.94. The predicted molar refractivity (Wildman–Crippen MR) is 43.5 cm³/mol. The minimum Gasteiger partial charge on any atom is -0.317 e. The molecule has 10 heavy (non-hydrogen) atoms. The molecule has 1 N–H and O–H groups in total. The van der Waals surface area contributed by atoms with E-state index in [1.54, 1.807) is 0 Å². The highest BCUT2D eigenvalue weighted by molar-refractivity contribution is 5.85. The second-order valence-corrected chi connectivity index (χ2v) is 2.74. The molecule has 0 heterocycles. The van der Waals surface area contributed by atoms with Gasteiger partial charge in [0.2, 0.25) is 0 Å². The molecule has 0 atom stereocenters. The van der Waals surface area contributed by atoms with Crippen molar-refractivity contribution in [3.63, 3.8) is 0 Å². The van der Waals surface area contributed by atoms with E-state index in [9.17, 15) is 4.39 Å². The summed E-state index contributed by atoms with van der Waals surface area (Å²) in [6.45, 7) is 0. The van der Waals surface area contributed by atoms with Crippen LogP contribution in [0.5, 0.6) is 0 Å². The molecule has 1 aliphatic rings. The number of hydrogen-bond donors (Lipinski definition) is 1. The smallest absolute Gasteiger partial charge is 0.100 e. The van der Waals surface area contributed by atoms with Gasteiger partial charge < -0.3 is 5.32 Å². The third-order valence-corrected chi connectivity index (χ3v) is 2.06. The van der Waals surface area contributed by atoms with Crippen LogP contribution >= 0.6 is 12.4 Å². The number of alkyl halides is 1. The van der Waals surface area contributed by atoms with E-state index in [0.29, 0.717) is 6.04 Å². The first-order valence-corrected chi connectivity index (χ1v) is 3.64. The average Bonchev–Trinajstić information content (AvgIpc) is 1.90. The lowest BCUT2D eigenvalue weighted by Crippen LogP contribution is -2.30. The van der Waals surface area contributed by atoms with Crippen LogP contribution in [0.4, 0.5) is 4.39 Å². The molecule has 3 heteroatoms. The summed E-state index contributed by atoms with van der Waals surface area (Å²) < 4.78 is 12.5. The van der Waals surface area contributed by atoms with Crippen molar-refractivity contribution in [1.29, 1.82) is 0 Å². The van der Waals surface area contributed by atoms with E-state index in [-0.39, 0.29) is 12.4 Å². The van der Waals surface area contributed by atoms with Crippen molar-refractivity contribution in [3.8, 4) is 0 Å². The molecule has 0 saturated heterocycles. The minimum absolute atomic E-state index is 0. The summed E-state index contributed by atoms with van der Waals surface area (Å²) in [5.74, 6) is 0. The molecule has 0 radical (unpaired) electrons. The molecule has 0 aliphatic heterocycles. The van der Waals surface area contributed by atoms with Crippen LogP contribution in [0, 0.1) is 0 Å². The highest BCUT2D eigenvalue weighted by atomic mass is 35.5. The first kappa shape index (κ1) is 10.2. The van der Waals surface area contributed by atoms with Crippen molar-refractivity contribution in [2.24, 2.45) is 0 Å². The quantitative estimate of drug-likeness (QED) is 0.629. The Hall–Kier alpha value is 0.180. The van der Waals surface area contributed by atoms with Crippen molar-refractivity contribution in [2.75, 3.05) is 7.05 Å². The van der Waals surface area contributed by atoms with Crippen LogP contribution in [0.25, 0.3) is 0 Å². The van der Waals surface area contributed by atoms with Crippen LogP contribution in [-0.4, -0.2) is 19.3 Å². The lowest BCUT2D eigenvalue weighted by molar-refractivity contribution is 0.224. The van der Waals surface area contributed by atoms with E-state index in [1.165, 1.54) is 0 Å². The van der Waals surface area contributed by atoms with Crippen LogP contribution < -0.4 is 5.32 Å². The standard InChI is InChI=1S/C7H14FN.ClH/c1-9-7-4-2-6(8)3-5-7;/h6-7,9H,2-5H2,1H3;1H. The average molecular weight is 168 g/mol. The number of nitrogens with one attached hydrogen (secondary N) is 1. The van der Waals surface area contributed by atoms with Crippen molar-refractivity contribution < 1.29 is 4.39 Å². The van der Waals surface area contributed by atoms with Gasteiger partial charge in [-0.05, 0) is 32.7 Å². The van der Waals surface area contributed by atoms with Gasteiger partial charge in [0, 0.05) is 6.04 Å². The van der Waals surface area contributed by atoms with E-state index in [2.05, 4.69) is 5.32 Å². The molecular formula is C7H15ClFN. The topological polar surface area (TPSA) is 12.0 Å². The molecule has 0 amide bonds. The summed E-state index contributed by atoms with van der Waals surface area (Å²) in [4.78, 5) is 0. The Morgan fingerprint density at radius 3 is 2.10 bits per heavy atom. The van der Waals surface area contributed by atoms with Crippen molar-refractivity contribution >= 4 is 12.4 Å². The maximum absolute atomic E-state index is 12.5. The molecule has 0 unspecified atom stereocenters. The second-order valence-electron chi connectivity index (χ2n) is 2.74. The molecule has 1 fully saturated rings. The number of halogens is 2. The fourth-order valence-electron chi connectivity index (χ4n) is 1.34. The zero-order valence-electron chi connectivity index (χ0n) is 6.27. The van der Waals surface area contributed by atoms with Crippen molar-refractivity contribution in [3.05, 3.63) is 0 Å². The molecule has 1 saturated carbocycles. The van der Waals surface area contributed by atoms with Gasteiger partial charge in [-0.3, -0.25) is 0 Å². The van der Waals surface area contributed by atoms with Gasteiger partial charge in [-0.15, -0.1) is 12.4 Å². The van der Waals surface area contributed by atoms with Crippen LogP contribution in [0.15, 0.2) is 0 Å². The molecule has 0 spiro atoms. The summed E-state index contributed by atoms with van der Waals surface area (Å²) in [5, 5.41) is 3.16. The normalized spacial score (nSPS) is 33.0. The Balaban J connectivity index is 0.000000810. The second kappa shape index (κ2) is 4.91. The Kier molecular flexibility index (Phi) is 5.00. The van der Waals surface area contributed by atoms with E-state index < -0.39 is 6.17 Å². The van der Waals surface area contributed by atoms with Gasteiger partial charge in [0.05, 0.1) is 0 Å². The summed E-state index contributed by atoms with van der Waals surface area (Å²) in [6, 6.07) is 0.581. The van der Waals surface area contributed by atoms with Crippen molar-refractivity contribution in [2.45, 2.75) is 37.9 Å². The zero-order valence-corrected chi connectivity index (χ0v) is 7.09. The summed E-state index contributed by atoms with van der Waals surface area (Å²) in [6.07, 6.45) is 3.02. The summed E-state index contributed by atoms with van der Waals surface area (Å²) in [7, 11) is 1.95. The van der Waals surface area contributed by atoms with E-state index in [1.807, 2.05) is 7.05 Å². The molecular weight excluding hydrogens is 153 g/mol. The van der Waals surface area contributed by atoms with Gasteiger partial charge in [-0.1, -0.05) is 0 Å². The first-order chi connectivity index (χ1) is 4.33. The van der Waals surface area contributed by atoms with Crippen LogP contribution in [0.1, 0.15) is 25.7 Å². The summed E-state index contributed by atoms with van der Waals surface area (Å²) >= 11 is 0. The fraction of sp³-hybridized carbons (Fsp3) is 1.00. The molecule has 0 aromatic rings. The van der Waals surface area contributed by atoms with Gasteiger partial charge in [0.1, 0.15) is 6.17 Å². The van der Waals surface area contributed by atoms with E-state index in [0.717, 1.165) is 25.7 Å². The minimum atomic E-state index is -0.519. The highest BCUT2D eigenvalue weighted by Gasteiger charge is 2.18. The number of hydrogen-bond acceptors (Lipinski definition) is 1. The molecule has 0 aromatic heterocycles. The highest BCUT2D eigenvalue weighted by Crippen LogP contribution is 2.20. The SMILES string of the molecule is CNC1CCC(F)CC1.Cl. The first-order valence-electron chi connectivity index (χ1n) is 3.64. The molecule has 0 bridgehead atoms. The van der Waals surface area contributed by atoms with Crippen LogP contribution in [-0.2, 0) is 0 Å². The van der Waals surface area contributed by atoms with Gasteiger partial charge in [-0.25, -0.2) is 4.39 Å². The fourth-order valence-corrected chi connectivity index (χ4v) is 1.34. The zero-order chi connectivity index (χ0) is 6.69. The van der Waals surface area contributed by atoms with E-state index >= 15 is 0 Å². The third kappa shape index (κ3) is 2.84. The molecule has 0 aromatic carbocycles. The molecule has 1 aliphatic carbocycles. The predicted octanol–water partition coefficient (Wildman–Crippen LogP) is 1.91. The van der Waals surface area contributed by atoms with Crippen molar-refractivity contribution in [1.82, 2.24) is 5.32 Å². The maximum atomic E-state index is 12.5. The Bertz CT molecular complexity index is 81.7. The monoisotopic (exact) mass is 167 g/mol. The lowest BCUT2D eigenvalue weighted by Gasteiger charge is -2.23. The van der Waals surface area contributed by atoms with Crippen LogP contribution in [0.2, 0.25) is 0 Å². The van der Waals surface area contributed by atoms with E-state index in [4.69, 9.17) is 0 Å². The van der Waals surface area contributed by atoms with Gasteiger partial charge in [-0.2, -0.15) is 0 Å². The molecule has 1 nitrogen and oxygen atoms in total.